The Hall–Kier alpha value is -3.13. The SMILES string of the molecule is CNc1cc2nn3c(cnc13)C(=O)NCCCC1C3Cc4cccc(OC)c4[N+]213. The number of benzene rings is 1. The zero-order valence-electron chi connectivity index (χ0n) is 16.5. The van der Waals surface area contributed by atoms with Crippen molar-refractivity contribution in [3.63, 3.8) is 0 Å². The van der Waals surface area contributed by atoms with E-state index in [1.54, 1.807) is 17.8 Å². The first-order valence-electron chi connectivity index (χ1n) is 10.1. The van der Waals surface area contributed by atoms with Gasteiger partial charge in [-0.2, -0.15) is 0 Å². The van der Waals surface area contributed by atoms with E-state index in [9.17, 15) is 4.79 Å². The first-order chi connectivity index (χ1) is 14.2. The molecule has 148 valence electrons. The van der Waals surface area contributed by atoms with Crippen molar-refractivity contribution < 1.29 is 9.53 Å². The molecule has 0 aliphatic carbocycles. The average Bonchev–Trinajstić information content (AvgIpc) is 3.05. The number of fused-ring (bicyclic) bond motifs is 3. The number of carbonyl (C=O) groups excluding carboxylic acids is 1. The van der Waals surface area contributed by atoms with Crippen LogP contribution in [0.4, 0.5) is 17.2 Å². The predicted octanol–water partition coefficient (Wildman–Crippen LogP) is 2.25. The van der Waals surface area contributed by atoms with Gasteiger partial charge in [0.2, 0.25) is 0 Å². The van der Waals surface area contributed by atoms with Crippen LogP contribution in [0.5, 0.6) is 5.75 Å². The smallest absolute Gasteiger partial charge is 0.271 e. The lowest BCUT2D eigenvalue weighted by atomic mass is 10.0. The van der Waals surface area contributed by atoms with Crippen molar-refractivity contribution in [1.29, 1.82) is 0 Å². The molecule has 3 atom stereocenters. The number of nitrogens with zero attached hydrogens (tertiary/aromatic N) is 4. The lowest BCUT2D eigenvalue weighted by Crippen LogP contribution is -2.26. The van der Waals surface area contributed by atoms with Crippen LogP contribution < -0.4 is 19.9 Å². The number of quaternary nitrogens is 1. The first kappa shape index (κ1) is 16.8. The summed E-state index contributed by atoms with van der Waals surface area (Å²) < 4.78 is 8.18. The minimum Gasteiger partial charge on any atom is -0.491 e. The van der Waals surface area contributed by atoms with Crippen LogP contribution in [0.25, 0.3) is 5.65 Å². The van der Waals surface area contributed by atoms with Gasteiger partial charge < -0.3 is 15.4 Å². The molecule has 1 amide bonds. The highest BCUT2D eigenvalue weighted by Crippen LogP contribution is 2.64. The quantitative estimate of drug-likeness (QED) is 0.517. The number of hydrogen-bond acceptors (Lipinski definition) is 5. The number of aromatic nitrogens is 3. The standard InChI is InChI=1S/C21H22N6O2/c1-22-13-10-18-25-26-14(11-24-20(13)26)21(28)23-8-4-6-15-16-9-12-5-3-7-17(29-2)19(12)27(15,16)18/h3,5,7,10-11,15-16H,4,6,8-9H2,1-2H3,(H-,22,23,25,28)/p+1. The molecular formula is C21H23N6O2+. The minimum absolute atomic E-state index is 0.134. The number of anilines is 1. The van der Waals surface area contributed by atoms with Crippen LogP contribution in [0.3, 0.4) is 0 Å². The van der Waals surface area contributed by atoms with Crippen LogP contribution in [0, 0.1) is 0 Å². The van der Waals surface area contributed by atoms with Crippen molar-refractivity contribution in [2.75, 3.05) is 26.0 Å². The van der Waals surface area contributed by atoms with E-state index in [0.717, 1.165) is 36.5 Å². The lowest BCUT2D eigenvalue weighted by Gasteiger charge is -2.21. The molecule has 0 saturated carbocycles. The molecule has 1 saturated heterocycles. The summed E-state index contributed by atoms with van der Waals surface area (Å²) in [6, 6.07) is 9.30. The fourth-order valence-electron chi connectivity index (χ4n) is 5.56. The Kier molecular flexibility index (Phi) is 3.30. The summed E-state index contributed by atoms with van der Waals surface area (Å²) in [6.45, 7) is 0.656. The molecule has 6 rings (SSSR count). The van der Waals surface area contributed by atoms with Gasteiger partial charge in [-0.05, 0) is 12.5 Å². The molecule has 3 unspecified atom stereocenters. The highest BCUT2D eigenvalue weighted by molar-refractivity contribution is 5.94. The number of hydrogen-bond donors (Lipinski definition) is 2. The van der Waals surface area contributed by atoms with Crippen molar-refractivity contribution in [3.8, 4) is 5.75 Å². The van der Waals surface area contributed by atoms with Gasteiger partial charge in [-0.1, -0.05) is 12.1 Å². The van der Waals surface area contributed by atoms with Crippen LogP contribution in [0.15, 0.2) is 30.5 Å². The average molecular weight is 391 g/mol. The van der Waals surface area contributed by atoms with Crippen LogP contribution in [-0.2, 0) is 6.42 Å². The Morgan fingerprint density at radius 1 is 1.34 bits per heavy atom. The maximum absolute atomic E-state index is 12.7. The van der Waals surface area contributed by atoms with Gasteiger partial charge in [0.25, 0.3) is 11.7 Å². The van der Waals surface area contributed by atoms with Gasteiger partial charge in [-0.3, -0.25) is 4.79 Å². The molecule has 1 aromatic carbocycles. The van der Waals surface area contributed by atoms with Crippen LogP contribution in [0.1, 0.15) is 28.9 Å². The Bertz CT molecular complexity index is 1170. The predicted molar refractivity (Wildman–Crippen MR) is 110 cm³/mol. The van der Waals surface area contributed by atoms with Crippen molar-refractivity contribution in [1.82, 2.24) is 24.4 Å². The van der Waals surface area contributed by atoms with Gasteiger partial charge >= 0.3 is 0 Å². The van der Waals surface area contributed by atoms with E-state index in [1.165, 1.54) is 11.3 Å². The maximum Gasteiger partial charge on any atom is 0.271 e. The van der Waals surface area contributed by atoms with Gasteiger partial charge in [-0.25, -0.2) is 14.0 Å². The maximum atomic E-state index is 12.7. The second-order valence-electron chi connectivity index (χ2n) is 8.03. The fourth-order valence-corrected chi connectivity index (χ4v) is 5.56. The molecular weight excluding hydrogens is 368 g/mol. The van der Waals surface area contributed by atoms with Gasteiger partial charge in [0, 0.05) is 38.1 Å². The molecule has 29 heavy (non-hydrogen) atoms. The minimum atomic E-state index is -0.134. The summed E-state index contributed by atoms with van der Waals surface area (Å²) in [5.41, 5.74) is 4.54. The third-order valence-corrected chi connectivity index (χ3v) is 6.80. The summed E-state index contributed by atoms with van der Waals surface area (Å²) in [7, 11) is 3.61. The Morgan fingerprint density at radius 2 is 2.24 bits per heavy atom. The largest absolute Gasteiger partial charge is 0.491 e. The van der Waals surface area contributed by atoms with E-state index in [2.05, 4.69) is 33.8 Å². The van der Waals surface area contributed by atoms with Gasteiger partial charge in [0.05, 0.1) is 19.0 Å². The molecule has 2 aromatic heterocycles. The molecule has 0 radical (unpaired) electrons. The third-order valence-electron chi connectivity index (χ3n) is 6.80. The highest BCUT2D eigenvalue weighted by Gasteiger charge is 2.74. The van der Waals surface area contributed by atoms with E-state index in [-0.39, 0.29) is 5.91 Å². The molecule has 3 aliphatic heterocycles. The molecule has 1 spiro atoms. The first-order valence-corrected chi connectivity index (χ1v) is 10.1. The number of nitrogens with one attached hydrogen (secondary N) is 2. The van der Waals surface area contributed by atoms with Crippen LogP contribution >= 0.6 is 0 Å². The summed E-state index contributed by atoms with van der Waals surface area (Å²) in [4.78, 5) is 17.1. The molecule has 2 bridgehead atoms. The second-order valence-corrected chi connectivity index (χ2v) is 8.03. The molecule has 8 nitrogen and oxygen atoms in total. The van der Waals surface area contributed by atoms with Gasteiger partial charge in [-0.15, -0.1) is 5.10 Å². The molecule has 1 fully saturated rings. The molecule has 2 N–H and O–H groups in total. The van der Waals surface area contributed by atoms with Gasteiger partial charge in [0.15, 0.2) is 34.9 Å². The number of amides is 1. The second kappa shape index (κ2) is 5.70. The van der Waals surface area contributed by atoms with Crippen LogP contribution in [-0.4, -0.2) is 53.3 Å². The van der Waals surface area contributed by atoms with Crippen molar-refractivity contribution in [3.05, 3.63) is 41.7 Å². The van der Waals surface area contributed by atoms with Crippen molar-refractivity contribution >= 4 is 28.7 Å². The van der Waals surface area contributed by atoms with E-state index in [4.69, 9.17) is 9.84 Å². The summed E-state index contributed by atoms with van der Waals surface area (Å²) in [5, 5.41) is 11.2. The topological polar surface area (TPSA) is 80.5 Å². The van der Waals surface area contributed by atoms with E-state index in [1.807, 2.05) is 13.1 Å². The number of carbonyl (C=O) groups is 1. The lowest BCUT2D eigenvalue weighted by molar-refractivity contribution is 0.0946. The Balaban J connectivity index is 1.67. The Morgan fingerprint density at radius 3 is 3.07 bits per heavy atom. The fraction of sp³-hybridized carbons (Fsp3) is 0.381. The molecule has 3 aliphatic rings. The van der Waals surface area contributed by atoms with Crippen molar-refractivity contribution in [2.45, 2.75) is 31.3 Å². The highest BCUT2D eigenvalue weighted by atomic mass is 16.5. The molecule has 5 heterocycles. The molecule has 8 heteroatoms. The number of methoxy groups -OCH3 is 1. The van der Waals surface area contributed by atoms with Gasteiger partial charge in [0.1, 0.15) is 0 Å². The third kappa shape index (κ3) is 1.99. The number of para-hydroxylation sites is 1. The van der Waals surface area contributed by atoms with E-state index in [0.29, 0.717) is 34.5 Å². The zero-order chi connectivity index (χ0) is 19.8. The van der Waals surface area contributed by atoms with E-state index >= 15 is 0 Å². The van der Waals surface area contributed by atoms with Crippen LogP contribution in [0.2, 0.25) is 0 Å². The molecule has 3 aromatic rings. The monoisotopic (exact) mass is 391 g/mol. The van der Waals surface area contributed by atoms with E-state index < -0.39 is 0 Å². The number of rotatable bonds is 2. The zero-order valence-corrected chi connectivity index (χ0v) is 16.5. The summed E-state index contributed by atoms with van der Waals surface area (Å²) >= 11 is 0. The summed E-state index contributed by atoms with van der Waals surface area (Å²) in [6.07, 6.45) is 4.60. The summed E-state index contributed by atoms with van der Waals surface area (Å²) in [5.74, 6) is 1.72. The van der Waals surface area contributed by atoms with Crippen molar-refractivity contribution in [2.24, 2.45) is 0 Å². The normalized spacial score (nSPS) is 26.9. The number of imidazole rings is 1. The number of ether oxygens (including phenoxy) is 1. The Labute approximate surface area is 168 Å².